The molecular weight excluding hydrogens is 188 g/mol. The Labute approximate surface area is 79.1 Å². The van der Waals surface area contributed by atoms with E-state index in [-0.39, 0.29) is 16.8 Å². The summed E-state index contributed by atoms with van der Waals surface area (Å²) in [5.41, 5.74) is 4.61. The zero-order valence-electron chi connectivity index (χ0n) is 7.14. The third-order valence-electron chi connectivity index (χ3n) is 1.77. The van der Waals surface area contributed by atoms with Crippen molar-refractivity contribution in [2.75, 3.05) is 0 Å². The molecule has 14 heavy (non-hydrogen) atoms. The summed E-state index contributed by atoms with van der Waals surface area (Å²) in [4.78, 5) is 20.7. The van der Waals surface area contributed by atoms with Crippen LogP contribution < -0.4 is 5.73 Å². The Morgan fingerprint density at radius 1 is 1.57 bits per heavy atom. The summed E-state index contributed by atoms with van der Waals surface area (Å²) in [7, 11) is 0. The van der Waals surface area contributed by atoms with Gasteiger partial charge in [0.05, 0.1) is 22.7 Å². The average molecular weight is 196 g/mol. The van der Waals surface area contributed by atoms with Crippen LogP contribution in [0.4, 0.5) is 5.69 Å². The van der Waals surface area contributed by atoms with E-state index in [1.807, 2.05) is 0 Å². The summed E-state index contributed by atoms with van der Waals surface area (Å²) in [6, 6.07) is 3.89. The molecule has 0 bridgehead atoms. The van der Waals surface area contributed by atoms with Crippen LogP contribution in [0, 0.1) is 10.1 Å². The minimum atomic E-state index is -0.794. The minimum absolute atomic E-state index is 0.0262. The number of carbonyl (C=O) groups excluding carboxylic acids is 1. The van der Waals surface area contributed by atoms with Crippen LogP contribution in [-0.2, 0) is 6.61 Å². The molecule has 0 atom stereocenters. The molecule has 0 spiro atoms. The van der Waals surface area contributed by atoms with Gasteiger partial charge in [-0.2, -0.15) is 0 Å². The highest BCUT2D eigenvalue weighted by Gasteiger charge is 2.18. The first-order valence-electron chi connectivity index (χ1n) is 3.75. The van der Waals surface area contributed by atoms with E-state index >= 15 is 0 Å². The van der Waals surface area contributed by atoms with Gasteiger partial charge in [0, 0.05) is 6.07 Å². The van der Waals surface area contributed by atoms with Gasteiger partial charge in [-0.25, -0.2) is 0 Å². The van der Waals surface area contributed by atoms with Gasteiger partial charge in [-0.15, -0.1) is 0 Å². The van der Waals surface area contributed by atoms with E-state index in [4.69, 9.17) is 10.8 Å². The van der Waals surface area contributed by atoms with Crippen molar-refractivity contribution in [2.24, 2.45) is 5.73 Å². The lowest BCUT2D eigenvalue weighted by Crippen LogP contribution is -2.14. The number of benzene rings is 1. The molecule has 0 aromatic heterocycles. The Balaban J connectivity index is 3.39. The summed E-state index contributed by atoms with van der Waals surface area (Å²) in [5.74, 6) is -0.794. The third kappa shape index (κ3) is 1.69. The number of hydrogen-bond acceptors (Lipinski definition) is 4. The number of nitrogens with zero attached hydrogens (tertiary/aromatic N) is 1. The predicted octanol–water partition coefficient (Wildman–Crippen LogP) is 0.186. The number of primary amides is 1. The summed E-state index contributed by atoms with van der Waals surface area (Å²) < 4.78 is 0. The molecule has 1 rings (SSSR count). The Bertz CT molecular complexity index is 357. The van der Waals surface area contributed by atoms with Crippen LogP contribution in [0.2, 0.25) is 0 Å². The van der Waals surface area contributed by atoms with Crippen LogP contribution >= 0.6 is 0 Å². The van der Waals surface area contributed by atoms with Crippen LogP contribution in [0.1, 0.15) is 15.9 Å². The fraction of sp³-hybridized carbons (Fsp3) is 0.125. The number of aliphatic hydroxyl groups is 1. The molecule has 6 heteroatoms. The number of nitrogens with two attached hydrogens (primary N) is 1. The van der Waals surface area contributed by atoms with E-state index in [1.54, 1.807) is 0 Å². The second kappa shape index (κ2) is 3.84. The lowest BCUT2D eigenvalue weighted by atomic mass is 10.1. The molecule has 0 unspecified atom stereocenters. The molecule has 0 radical (unpaired) electrons. The third-order valence-corrected chi connectivity index (χ3v) is 1.77. The lowest BCUT2D eigenvalue weighted by Gasteiger charge is -2.03. The second-order valence-corrected chi connectivity index (χ2v) is 2.58. The van der Waals surface area contributed by atoms with Crippen LogP contribution in [-0.4, -0.2) is 15.9 Å². The average Bonchev–Trinajstić information content (AvgIpc) is 2.16. The molecule has 1 aromatic rings. The van der Waals surface area contributed by atoms with Gasteiger partial charge in [-0.3, -0.25) is 14.9 Å². The van der Waals surface area contributed by atoms with Gasteiger partial charge in [0.15, 0.2) is 0 Å². The summed E-state index contributed by atoms with van der Waals surface area (Å²) >= 11 is 0. The first-order valence-corrected chi connectivity index (χ1v) is 3.75. The van der Waals surface area contributed by atoms with Crippen molar-refractivity contribution in [1.29, 1.82) is 0 Å². The van der Waals surface area contributed by atoms with E-state index < -0.39 is 17.4 Å². The first-order chi connectivity index (χ1) is 6.57. The van der Waals surface area contributed by atoms with E-state index in [0.29, 0.717) is 0 Å². The van der Waals surface area contributed by atoms with Crippen molar-refractivity contribution < 1.29 is 14.8 Å². The number of hydrogen-bond donors (Lipinski definition) is 2. The Hall–Kier alpha value is -1.95. The van der Waals surface area contributed by atoms with Crippen LogP contribution in [0.3, 0.4) is 0 Å². The minimum Gasteiger partial charge on any atom is -0.391 e. The van der Waals surface area contributed by atoms with Gasteiger partial charge in [0.25, 0.3) is 5.69 Å². The van der Waals surface area contributed by atoms with Gasteiger partial charge in [0.2, 0.25) is 5.91 Å². The van der Waals surface area contributed by atoms with Crippen molar-refractivity contribution in [3.8, 4) is 0 Å². The van der Waals surface area contributed by atoms with E-state index in [2.05, 4.69) is 0 Å². The summed E-state index contributed by atoms with van der Waals surface area (Å²) in [6.07, 6.45) is 0. The zero-order valence-corrected chi connectivity index (χ0v) is 7.14. The molecule has 1 amide bonds. The summed E-state index contributed by atoms with van der Waals surface area (Å²) in [5, 5.41) is 19.4. The highest BCUT2D eigenvalue weighted by molar-refractivity contribution is 5.95. The molecule has 0 heterocycles. The van der Waals surface area contributed by atoms with Crippen molar-refractivity contribution >= 4 is 11.6 Å². The monoisotopic (exact) mass is 196 g/mol. The predicted molar refractivity (Wildman–Crippen MR) is 47.5 cm³/mol. The van der Waals surface area contributed by atoms with Gasteiger partial charge >= 0.3 is 0 Å². The van der Waals surface area contributed by atoms with Crippen molar-refractivity contribution in [1.82, 2.24) is 0 Å². The molecule has 74 valence electrons. The highest BCUT2D eigenvalue weighted by Crippen LogP contribution is 2.21. The number of rotatable bonds is 3. The molecule has 3 N–H and O–H groups in total. The molecular formula is C8H8N2O4. The van der Waals surface area contributed by atoms with Crippen molar-refractivity contribution in [3.05, 3.63) is 39.4 Å². The number of aliphatic hydroxyl groups excluding tert-OH is 1. The van der Waals surface area contributed by atoms with Crippen molar-refractivity contribution in [2.45, 2.75) is 6.61 Å². The second-order valence-electron chi connectivity index (χ2n) is 2.58. The largest absolute Gasteiger partial charge is 0.391 e. The van der Waals surface area contributed by atoms with E-state index in [0.717, 1.165) is 0 Å². The Morgan fingerprint density at radius 2 is 2.21 bits per heavy atom. The van der Waals surface area contributed by atoms with Gasteiger partial charge in [-0.05, 0) is 6.07 Å². The highest BCUT2D eigenvalue weighted by atomic mass is 16.6. The fourth-order valence-electron chi connectivity index (χ4n) is 1.14. The van der Waals surface area contributed by atoms with Gasteiger partial charge in [0.1, 0.15) is 0 Å². The maximum atomic E-state index is 10.8. The maximum absolute atomic E-state index is 10.8. The van der Waals surface area contributed by atoms with Crippen LogP contribution in [0.15, 0.2) is 18.2 Å². The molecule has 6 nitrogen and oxygen atoms in total. The number of nitro groups is 1. The van der Waals surface area contributed by atoms with Gasteiger partial charge in [-0.1, -0.05) is 6.07 Å². The normalized spacial score (nSPS) is 9.79. The van der Waals surface area contributed by atoms with E-state index in [9.17, 15) is 14.9 Å². The zero-order chi connectivity index (χ0) is 10.7. The van der Waals surface area contributed by atoms with E-state index in [1.165, 1.54) is 18.2 Å². The Kier molecular flexibility index (Phi) is 2.78. The topological polar surface area (TPSA) is 106 Å². The molecule has 0 saturated carbocycles. The molecule has 0 aliphatic rings. The lowest BCUT2D eigenvalue weighted by molar-refractivity contribution is -0.385. The number of nitro benzene ring substituents is 1. The Morgan fingerprint density at radius 3 is 2.64 bits per heavy atom. The standard InChI is InChI=1S/C8H8N2O4/c9-8(12)5-2-1-3-7(10(13)14)6(5)4-11/h1-3,11H,4H2,(H2,9,12). The number of amides is 1. The quantitative estimate of drug-likeness (QED) is 0.531. The maximum Gasteiger partial charge on any atom is 0.275 e. The van der Waals surface area contributed by atoms with Crippen LogP contribution in [0.5, 0.6) is 0 Å². The molecule has 0 aliphatic heterocycles. The number of carbonyl (C=O) groups is 1. The molecule has 0 saturated heterocycles. The van der Waals surface area contributed by atoms with Gasteiger partial charge < -0.3 is 10.8 Å². The molecule has 0 fully saturated rings. The van der Waals surface area contributed by atoms with Crippen LogP contribution in [0.25, 0.3) is 0 Å². The van der Waals surface area contributed by atoms with Crippen molar-refractivity contribution in [3.63, 3.8) is 0 Å². The first kappa shape index (κ1) is 10.1. The molecule has 0 aliphatic carbocycles. The smallest absolute Gasteiger partial charge is 0.275 e. The fourth-order valence-corrected chi connectivity index (χ4v) is 1.14. The SMILES string of the molecule is NC(=O)c1cccc([N+](=O)[O-])c1CO. The molecule has 1 aromatic carbocycles. The summed E-state index contributed by atoms with van der Waals surface area (Å²) in [6.45, 7) is -0.588.